The normalized spacial score (nSPS) is 14.6. The highest BCUT2D eigenvalue weighted by molar-refractivity contribution is 6.12. The predicted molar refractivity (Wildman–Crippen MR) is 81.1 cm³/mol. The van der Waals surface area contributed by atoms with E-state index in [-0.39, 0.29) is 11.8 Å². The van der Waals surface area contributed by atoms with E-state index in [9.17, 15) is 9.59 Å². The number of carbonyl (C=O) groups is 2. The van der Waals surface area contributed by atoms with Crippen LogP contribution >= 0.6 is 0 Å². The van der Waals surface area contributed by atoms with E-state index in [0.717, 1.165) is 25.8 Å². The second kappa shape index (κ2) is 10.6. The van der Waals surface area contributed by atoms with E-state index in [4.69, 9.17) is 5.73 Å². The zero-order chi connectivity index (χ0) is 14.6. The van der Waals surface area contributed by atoms with Crippen LogP contribution < -0.4 is 5.73 Å². The number of hydrogen-bond donors (Lipinski definition) is 1. The Kier molecular flexibility index (Phi) is 8.96. The Balaban J connectivity index is 1.83. The molecule has 0 aromatic heterocycles. The summed E-state index contributed by atoms with van der Waals surface area (Å²) in [4.78, 5) is 23.9. The maximum atomic E-state index is 11.3. The van der Waals surface area contributed by atoms with Crippen LogP contribution in [0.1, 0.15) is 64.2 Å². The molecule has 1 heterocycles. The van der Waals surface area contributed by atoms with Crippen molar-refractivity contribution in [3.63, 3.8) is 0 Å². The smallest absolute Gasteiger partial charge is 0.253 e. The van der Waals surface area contributed by atoms with Gasteiger partial charge in [0.25, 0.3) is 11.8 Å². The number of carbonyl (C=O) groups excluding carboxylic acids is 2. The molecule has 0 bridgehead atoms. The van der Waals surface area contributed by atoms with Gasteiger partial charge in [0.05, 0.1) is 0 Å². The van der Waals surface area contributed by atoms with E-state index in [1.165, 1.54) is 62.0 Å². The van der Waals surface area contributed by atoms with Gasteiger partial charge >= 0.3 is 0 Å². The molecule has 0 atom stereocenters. The number of amides is 2. The Morgan fingerprint density at radius 2 is 1.10 bits per heavy atom. The minimum atomic E-state index is -0.160. The second-order valence-electron chi connectivity index (χ2n) is 5.49. The maximum absolute atomic E-state index is 11.3. The van der Waals surface area contributed by atoms with Gasteiger partial charge in [-0.2, -0.15) is 0 Å². The first-order valence-electron chi connectivity index (χ1n) is 7.99. The Bertz CT molecular complexity index is 308. The lowest BCUT2D eigenvalue weighted by Gasteiger charge is -2.12. The lowest BCUT2D eigenvalue weighted by molar-refractivity contribution is -0.136. The molecule has 0 radical (unpaired) electrons. The highest BCUT2D eigenvalue weighted by Gasteiger charge is 2.21. The third-order valence-corrected chi connectivity index (χ3v) is 3.74. The third-order valence-electron chi connectivity index (χ3n) is 3.74. The fourth-order valence-corrected chi connectivity index (χ4v) is 2.48. The van der Waals surface area contributed by atoms with Crippen LogP contribution in [0.3, 0.4) is 0 Å². The molecular formula is C16H28N2O2. The summed E-state index contributed by atoms with van der Waals surface area (Å²) in [6.45, 7) is 1.39. The van der Waals surface area contributed by atoms with Crippen LogP contribution in [0.25, 0.3) is 0 Å². The van der Waals surface area contributed by atoms with Gasteiger partial charge in [0.2, 0.25) is 0 Å². The van der Waals surface area contributed by atoms with Gasteiger partial charge in [-0.25, -0.2) is 0 Å². The van der Waals surface area contributed by atoms with Crippen molar-refractivity contribution in [3.8, 4) is 0 Å². The third kappa shape index (κ3) is 6.85. The molecule has 4 nitrogen and oxygen atoms in total. The van der Waals surface area contributed by atoms with Gasteiger partial charge < -0.3 is 5.73 Å². The second-order valence-corrected chi connectivity index (χ2v) is 5.49. The molecular weight excluding hydrogens is 252 g/mol. The molecule has 1 aliphatic heterocycles. The molecule has 0 saturated heterocycles. The van der Waals surface area contributed by atoms with Crippen molar-refractivity contribution < 1.29 is 9.59 Å². The molecule has 0 unspecified atom stereocenters. The number of rotatable bonds is 12. The van der Waals surface area contributed by atoms with Gasteiger partial charge in [0.15, 0.2) is 0 Å². The SMILES string of the molecule is NCCCCCCCCCCCCN1C(=O)C=CC1=O. The van der Waals surface area contributed by atoms with Gasteiger partial charge in [0, 0.05) is 18.7 Å². The molecule has 0 spiro atoms. The number of nitrogens with zero attached hydrogens (tertiary/aromatic N) is 1. The molecule has 2 N–H and O–H groups in total. The molecule has 1 aliphatic rings. The summed E-state index contributed by atoms with van der Waals surface area (Å²) in [5.74, 6) is -0.319. The molecule has 0 aliphatic carbocycles. The van der Waals surface area contributed by atoms with Gasteiger partial charge in [-0.1, -0.05) is 51.4 Å². The highest BCUT2D eigenvalue weighted by Crippen LogP contribution is 2.11. The number of unbranched alkanes of at least 4 members (excludes halogenated alkanes) is 9. The Hall–Kier alpha value is -1.16. The minimum Gasteiger partial charge on any atom is -0.330 e. The van der Waals surface area contributed by atoms with Gasteiger partial charge in [-0.3, -0.25) is 14.5 Å². The van der Waals surface area contributed by atoms with Crippen molar-refractivity contribution in [1.82, 2.24) is 4.90 Å². The van der Waals surface area contributed by atoms with Gasteiger partial charge in [-0.15, -0.1) is 0 Å². The molecule has 0 aromatic rings. The van der Waals surface area contributed by atoms with Gasteiger partial charge in [-0.05, 0) is 19.4 Å². The van der Waals surface area contributed by atoms with E-state index in [0.29, 0.717) is 6.54 Å². The molecule has 0 saturated carbocycles. The summed E-state index contributed by atoms with van der Waals surface area (Å²) < 4.78 is 0. The van der Waals surface area contributed by atoms with Gasteiger partial charge in [0.1, 0.15) is 0 Å². The summed E-state index contributed by atoms with van der Waals surface area (Å²) in [6, 6.07) is 0. The summed E-state index contributed by atoms with van der Waals surface area (Å²) >= 11 is 0. The van der Waals surface area contributed by atoms with Crippen LogP contribution in [0.4, 0.5) is 0 Å². The predicted octanol–water partition coefficient (Wildman–Crippen LogP) is 2.77. The zero-order valence-electron chi connectivity index (χ0n) is 12.5. The number of nitrogens with two attached hydrogens (primary N) is 1. The minimum absolute atomic E-state index is 0.160. The average Bonchev–Trinajstić information content (AvgIpc) is 2.76. The number of imide groups is 1. The van der Waals surface area contributed by atoms with Crippen LogP contribution in [-0.2, 0) is 9.59 Å². The summed E-state index contributed by atoms with van der Waals surface area (Å²) in [5.41, 5.74) is 5.45. The molecule has 0 aromatic carbocycles. The molecule has 4 heteroatoms. The molecule has 2 amide bonds. The van der Waals surface area contributed by atoms with Crippen molar-refractivity contribution in [2.24, 2.45) is 5.73 Å². The van der Waals surface area contributed by atoms with E-state index >= 15 is 0 Å². The molecule has 1 rings (SSSR count). The van der Waals surface area contributed by atoms with Crippen LogP contribution in [0.2, 0.25) is 0 Å². The molecule has 0 fully saturated rings. The fourth-order valence-electron chi connectivity index (χ4n) is 2.48. The summed E-state index contributed by atoms with van der Waals surface area (Å²) in [7, 11) is 0. The quantitative estimate of drug-likeness (QED) is 0.441. The Labute approximate surface area is 122 Å². The largest absolute Gasteiger partial charge is 0.330 e. The fraction of sp³-hybridized carbons (Fsp3) is 0.750. The van der Waals surface area contributed by atoms with Crippen molar-refractivity contribution in [3.05, 3.63) is 12.2 Å². The van der Waals surface area contributed by atoms with Crippen molar-refractivity contribution >= 4 is 11.8 Å². The average molecular weight is 280 g/mol. The van der Waals surface area contributed by atoms with Crippen molar-refractivity contribution in [2.75, 3.05) is 13.1 Å². The maximum Gasteiger partial charge on any atom is 0.253 e. The first-order valence-corrected chi connectivity index (χ1v) is 7.99. The molecule has 114 valence electrons. The van der Waals surface area contributed by atoms with Crippen LogP contribution in [0.15, 0.2) is 12.2 Å². The van der Waals surface area contributed by atoms with E-state index in [2.05, 4.69) is 0 Å². The summed E-state index contributed by atoms with van der Waals surface area (Å²) in [6.07, 6.45) is 14.9. The summed E-state index contributed by atoms with van der Waals surface area (Å²) in [5, 5.41) is 0. The lowest BCUT2D eigenvalue weighted by Crippen LogP contribution is -2.30. The van der Waals surface area contributed by atoms with Crippen LogP contribution in [-0.4, -0.2) is 29.8 Å². The first-order chi connectivity index (χ1) is 9.75. The Morgan fingerprint density at radius 3 is 1.55 bits per heavy atom. The molecule has 20 heavy (non-hydrogen) atoms. The topological polar surface area (TPSA) is 63.4 Å². The lowest BCUT2D eigenvalue weighted by atomic mass is 10.1. The van der Waals surface area contributed by atoms with E-state index < -0.39 is 0 Å². The zero-order valence-corrected chi connectivity index (χ0v) is 12.5. The van der Waals surface area contributed by atoms with Crippen molar-refractivity contribution in [1.29, 1.82) is 0 Å². The van der Waals surface area contributed by atoms with Crippen molar-refractivity contribution in [2.45, 2.75) is 64.2 Å². The number of hydrogen-bond acceptors (Lipinski definition) is 3. The van der Waals surface area contributed by atoms with E-state index in [1.807, 2.05) is 0 Å². The van der Waals surface area contributed by atoms with E-state index in [1.54, 1.807) is 0 Å². The highest BCUT2D eigenvalue weighted by atomic mass is 16.2. The monoisotopic (exact) mass is 280 g/mol. The first kappa shape index (κ1) is 16.9. The standard InChI is InChI=1S/C16H28N2O2/c17-13-9-7-5-3-1-2-4-6-8-10-14-18-15(19)11-12-16(18)20/h11-12H,1-10,13-14,17H2. The Morgan fingerprint density at radius 1 is 0.700 bits per heavy atom. The van der Waals surface area contributed by atoms with Crippen LogP contribution in [0, 0.1) is 0 Å². The van der Waals surface area contributed by atoms with Crippen LogP contribution in [0.5, 0.6) is 0 Å².